The zero-order chi connectivity index (χ0) is 19.0. The van der Waals surface area contributed by atoms with Crippen LogP contribution in [0, 0.1) is 11.3 Å². The topological polar surface area (TPSA) is 32.3 Å². The lowest BCUT2D eigenvalue weighted by Crippen LogP contribution is -2.27. The molecule has 1 aliphatic carbocycles. The normalized spacial score (nSPS) is 19.8. The van der Waals surface area contributed by atoms with Crippen LogP contribution in [0.4, 0.5) is 11.4 Å². The first-order valence-corrected chi connectivity index (χ1v) is 11.1. The van der Waals surface area contributed by atoms with E-state index in [0.717, 1.165) is 37.2 Å². The highest BCUT2D eigenvalue weighted by molar-refractivity contribution is 7.10. The molecule has 1 saturated heterocycles. The molecular weight excluding hydrogens is 352 g/mol. The minimum Gasteiger partial charge on any atom is -0.372 e. The van der Waals surface area contributed by atoms with E-state index in [9.17, 15) is 4.79 Å². The second-order valence-electron chi connectivity index (χ2n) is 9.05. The maximum Gasteiger partial charge on any atom is 0.256 e. The summed E-state index contributed by atoms with van der Waals surface area (Å²) in [5.41, 5.74) is 4.64. The molecular formula is C23H30N2OS. The van der Waals surface area contributed by atoms with Crippen LogP contribution in [-0.4, -0.2) is 19.0 Å². The summed E-state index contributed by atoms with van der Waals surface area (Å²) in [5, 5.41) is 5.16. The molecule has 1 atom stereocenters. The first-order valence-electron chi connectivity index (χ1n) is 10.2. The maximum atomic E-state index is 12.9. The Labute approximate surface area is 166 Å². The zero-order valence-electron chi connectivity index (χ0n) is 16.7. The van der Waals surface area contributed by atoms with Gasteiger partial charge in [0.15, 0.2) is 0 Å². The smallest absolute Gasteiger partial charge is 0.256 e. The van der Waals surface area contributed by atoms with E-state index in [-0.39, 0.29) is 5.91 Å². The van der Waals surface area contributed by atoms with Gasteiger partial charge in [-0.2, -0.15) is 0 Å². The highest BCUT2D eigenvalue weighted by Gasteiger charge is 2.31. The molecule has 2 aliphatic rings. The third-order valence-corrected chi connectivity index (χ3v) is 7.27. The van der Waals surface area contributed by atoms with E-state index in [1.165, 1.54) is 35.4 Å². The molecule has 1 aromatic heterocycles. The summed E-state index contributed by atoms with van der Waals surface area (Å²) in [7, 11) is 0. The van der Waals surface area contributed by atoms with E-state index in [1.807, 2.05) is 12.1 Å². The molecule has 1 fully saturated rings. The van der Waals surface area contributed by atoms with Gasteiger partial charge in [0.2, 0.25) is 0 Å². The molecule has 0 radical (unpaired) electrons. The Hall–Kier alpha value is -1.81. The molecule has 0 bridgehead atoms. The molecule has 144 valence electrons. The van der Waals surface area contributed by atoms with Crippen LogP contribution in [0.2, 0.25) is 0 Å². The van der Waals surface area contributed by atoms with Crippen LogP contribution in [0.25, 0.3) is 0 Å². The van der Waals surface area contributed by atoms with Crippen LogP contribution >= 0.6 is 11.3 Å². The fourth-order valence-corrected chi connectivity index (χ4v) is 5.53. The van der Waals surface area contributed by atoms with E-state index in [1.54, 1.807) is 11.3 Å². The summed E-state index contributed by atoms with van der Waals surface area (Å²) in [6.07, 6.45) is 5.87. The molecule has 0 spiro atoms. The molecule has 1 aromatic carbocycles. The number of nitrogens with zero attached hydrogens (tertiary/aromatic N) is 1. The first kappa shape index (κ1) is 18.5. The molecule has 4 rings (SSSR count). The molecule has 1 amide bonds. The van der Waals surface area contributed by atoms with Gasteiger partial charge in [-0.25, -0.2) is 0 Å². The van der Waals surface area contributed by atoms with Gasteiger partial charge >= 0.3 is 0 Å². The number of nitrogens with one attached hydrogen (secondary N) is 1. The summed E-state index contributed by atoms with van der Waals surface area (Å²) in [6, 6.07) is 8.30. The molecule has 2 aromatic rings. The Morgan fingerprint density at radius 2 is 1.85 bits per heavy atom. The van der Waals surface area contributed by atoms with Gasteiger partial charge in [-0.1, -0.05) is 20.8 Å². The number of hydrogen-bond donors (Lipinski definition) is 1. The van der Waals surface area contributed by atoms with Crippen molar-refractivity contribution in [1.29, 1.82) is 0 Å². The quantitative estimate of drug-likeness (QED) is 0.733. The minimum absolute atomic E-state index is 0.0376. The monoisotopic (exact) mass is 382 g/mol. The number of hydrogen-bond acceptors (Lipinski definition) is 3. The van der Waals surface area contributed by atoms with Gasteiger partial charge in [-0.3, -0.25) is 4.79 Å². The molecule has 3 nitrogen and oxygen atoms in total. The average molecular weight is 383 g/mol. The van der Waals surface area contributed by atoms with E-state index in [4.69, 9.17) is 0 Å². The molecule has 0 saturated carbocycles. The number of thiophene rings is 1. The lowest BCUT2D eigenvalue weighted by atomic mass is 9.72. The van der Waals surface area contributed by atoms with Crippen LogP contribution in [0.15, 0.2) is 29.6 Å². The van der Waals surface area contributed by atoms with Gasteiger partial charge < -0.3 is 10.2 Å². The number of anilines is 2. The van der Waals surface area contributed by atoms with Gasteiger partial charge in [0, 0.05) is 34.7 Å². The lowest BCUT2D eigenvalue weighted by molar-refractivity contribution is 0.102. The summed E-state index contributed by atoms with van der Waals surface area (Å²) >= 11 is 1.76. The summed E-state index contributed by atoms with van der Waals surface area (Å²) in [6.45, 7) is 9.27. The van der Waals surface area contributed by atoms with Gasteiger partial charge in [-0.15, -0.1) is 11.3 Å². The molecule has 27 heavy (non-hydrogen) atoms. The predicted octanol–water partition coefficient (Wildman–Crippen LogP) is 5.75. The number of carbonyl (C=O) groups is 1. The van der Waals surface area contributed by atoms with E-state index >= 15 is 0 Å². The second-order valence-corrected chi connectivity index (χ2v) is 10.0. The second kappa shape index (κ2) is 7.31. The molecule has 1 N–H and O–H groups in total. The van der Waals surface area contributed by atoms with Crippen LogP contribution in [0.3, 0.4) is 0 Å². The van der Waals surface area contributed by atoms with E-state index in [2.05, 4.69) is 48.5 Å². The Morgan fingerprint density at radius 3 is 2.52 bits per heavy atom. The van der Waals surface area contributed by atoms with Gasteiger partial charge in [-0.05, 0) is 73.3 Å². The summed E-state index contributed by atoms with van der Waals surface area (Å²) in [4.78, 5) is 16.7. The Balaban J connectivity index is 1.44. The van der Waals surface area contributed by atoms with Crippen molar-refractivity contribution in [3.8, 4) is 0 Å². The lowest BCUT2D eigenvalue weighted by Gasteiger charge is -2.34. The highest BCUT2D eigenvalue weighted by Crippen LogP contribution is 2.40. The first-order chi connectivity index (χ1) is 12.9. The SMILES string of the molecule is CC(C)(C)C1CCc2c(C(=O)Nc3ccc(N4CCCC4)cc3)csc2C1. The van der Waals surface area contributed by atoms with Crippen LogP contribution in [0.5, 0.6) is 0 Å². The third-order valence-electron chi connectivity index (χ3n) is 6.22. The van der Waals surface area contributed by atoms with Crippen LogP contribution in [-0.2, 0) is 12.8 Å². The van der Waals surface area contributed by atoms with Gasteiger partial charge in [0.1, 0.15) is 0 Å². The largest absolute Gasteiger partial charge is 0.372 e. The molecule has 4 heteroatoms. The van der Waals surface area contributed by atoms with Crippen molar-refractivity contribution in [2.24, 2.45) is 11.3 Å². The van der Waals surface area contributed by atoms with Crippen LogP contribution in [0.1, 0.15) is 60.8 Å². The van der Waals surface area contributed by atoms with E-state index in [0.29, 0.717) is 11.3 Å². The number of rotatable bonds is 3. The standard InChI is InChI=1S/C23H30N2OS/c1-23(2,3)16-6-11-19-20(15-27-21(19)14-16)22(26)24-17-7-9-18(10-8-17)25-12-4-5-13-25/h7-10,15-16H,4-6,11-14H2,1-3H3,(H,24,26). The van der Waals surface area contributed by atoms with Gasteiger partial charge in [0.05, 0.1) is 5.56 Å². The number of fused-ring (bicyclic) bond motifs is 1. The van der Waals surface area contributed by atoms with Crippen molar-refractivity contribution in [2.45, 2.75) is 52.9 Å². The zero-order valence-corrected chi connectivity index (χ0v) is 17.5. The van der Waals surface area contributed by atoms with E-state index < -0.39 is 0 Å². The molecule has 2 heterocycles. The van der Waals surface area contributed by atoms with Gasteiger partial charge in [0.25, 0.3) is 5.91 Å². The van der Waals surface area contributed by atoms with Crippen molar-refractivity contribution in [3.63, 3.8) is 0 Å². The molecule has 1 aliphatic heterocycles. The number of amides is 1. The molecule has 1 unspecified atom stereocenters. The minimum atomic E-state index is 0.0376. The Bertz CT molecular complexity index is 810. The maximum absolute atomic E-state index is 12.9. The van der Waals surface area contributed by atoms with Crippen molar-refractivity contribution in [3.05, 3.63) is 45.6 Å². The van der Waals surface area contributed by atoms with Crippen molar-refractivity contribution < 1.29 is 4.79 Å². The van der Waals surface area contributed by atoms with Crippen molar-refractivity contribution in [2.75, 3.05) is 23.3 Å². The fourth-order valence-electron chi connectivity index (χ4n) is 4.37. The summed E-state index contributed by atoms with van der Waals surface area (Å²) < 4.78 is 0. The fraction of sp³-hybridized carbons (Fsp3) is 0.522. The van der Waals surface area contributed by atoms with Crippen molar-refractivity contribution >= 4 is 28.6 Å². The number of benzene rings is 1. The van der Waals surface area contributed by atoms with Crippen molar-refractivity contribution in [1.82, 2.24) is 0 Å². The Morgan fingerprint density at radius 1 is 1.15 bits per heavy atom. The average Bonchev–Trinajstić information content (AvgIpc) is 3.31. The number of carbonyl (C=O) groups excluding carboxylic acids is 1. The summed E-state index contributed by atoms with van der Waals surface area (Å²) in [5.74, 6) is 0.744. The third kappa shape index (κ3) is 3.91. The Kier molecular flexibility index (Phi) is 5.02. The highest BCUT2D eigenvalue weighted by atomic mass is 32.1. The predicted molar refractivity (Wildman–Crippen MR) is 115 cm³/mol. The van der Waals surface area contributed by atoms with Crippen LogP contribution < -0.4 is 10.2 Å².